The summed E-state index contributed by atoms with van der Waals surface area (Å²) in [7, 11) is -3.63. The Hall–Kier alpha value is -1.41. The highest BCUT2D eigenvalue weighted by Gasteiger charge is 2.35. The van der Waals surface area contributed by atoms with Crippen LogP contribution in [0.3, 0.4) is 0 Å². The summed E-state index contributed by atoms with van der Waals surface area (Å²) in [6.07, 6.45) is 4.18. The van der Waals surface area contributed by atoms with E-state index in [9.17, 15) is 8.42 Å². The molecule has 1 aromatic heterocycles. The van der Waals surface area contributed by atoms with E-state index in [4.69, 9.17) is 0 Å². The SMILES string of the molecule is CCc1ccc(C2CNCCN2S(=O)(=O)c2cn(C(C)C)cn2)cc1.Cl. The Morgan fingerprint density at radius 3 is 2.54 bits per heavy atom. The van der Waals surface area contributed by atoms with Gasteiger partial charge in [-0.2, -0.15) is 4.31 Å². The summed E-state index contributed by atoms with van der Waals surface area (Å²) >= 11 is 0. The van der Waals surface area contributed by atoms with Crippen molar-refractivity contribution < 1.29 is 8.42 Å². The van der Waals surface area contributed by atoms with Crippen molar-refractivity contribution in [2.75, 3.05) is 19.6 Å². The molecule has 1 saturated heterocycles. The van der Waals surface area contributed by atoms with Crippen LogP contribution in [0.5, 0.6) is 0 Å². The molecular weight excluding hydrogens is 372 g/mol. The molecule has 0 bridgehead atoms. The van der Waals surface area contributed by atoms with Crippen molar-refractivity contribution in [3.8, 4) is 0 Å². The third kappa shape index (κ3) is 4.11. The maximum Gasteiger partial charge on any atom is 0.262 e. The summed E-state index contributed by atoms with van der Waals surface area (Å²) in [6.45, 7) is 7.81. The lowest BCUT2D eigenvalue weighted by Crippen LogP contribution is -2.48. The van der Waals surface area contributed by atoms with E-state index in [1.807, 2.05) is 30.5 Å². The molecule has 0 radical (unpaired) electrons. The van der Waals surface area contributed by atoms with Gasteiger partial charge in [-0.15, -0.1) is 12.4 Å². The van der Waals surface area contributed by atoms with Crippen LogP contribution in [0, 0.1) is 0 Å². The molecule has 1 aliphatic rings. The maximum atomic E-state index is 13.2. The first-order valence-corrected chi connectivity index (χ1v) is 10.2. The van der Waals surface area contributed by atoms with Gasteiger partial charge in [0.2, 0.25) is 0 Å². The first-order valence-electron chi connectivity index (χ1n) is 8.78. The van der Waals surface area contributed by atoms with Crippen LogP contribution in [-0.2, 0) is 16.4 Å². The van der Waals surface area contributed by atoms with Crippen LogP contribution < -0.4 is 5.32 Å². The minimum Gasteiger partial charge on any atom is -0.334 e. The second-order valence-corrected chi connectivity index (χ2v) is 8.52. The summed E-state index contributed by atoms with van der Waals surface area (Å²) < 4.78 is 29.7. The summed E-state index contributed by atoms with van der Waals surface area (Å²) in [4.78, 5) is 4.15. The molecule has 6 nitrogen and oxygen atoms in total. The van der Waals surface area contributed by atoms with Gasteiger partial charge in [-0.05, 0) is 31.4 Å². The van der Waals surface area contributed by atoms with Gasteiger partial charge in [0.25, 0.3) is 10.0 Å². The first kappa shape index (κ1) is 20.9. The van der Waals surface area contributed by atoms with Gasteiger partial charge < -0.3 is 9.88 Å². The fourth-order valence-corrected chi connectivity index (χ4v) is 4.62. The fraction of sp³-hybridized carbons (Fsp3) is 0.500. The molecule has 3 rings (SSSR count). The van der Waals surface area contributed by atoms with Crippen molar-refractivity contribution in [2.45, 2.75) is 44.3 Å². The average molecular weight is 399 g/mol. The standard InChI is InChI=1S/C18H26N4O2S.ClH/c1-4-15-5-7-16(8-6-15)17-11-19-9-10-22(17)25(23,24)18-12-21(13-20-18)14(2)3;/h5-8,12-14,17,19H,4,9-11H2,1-3H3;1H. The Bertz CT molecular complexity index is 818. The highest BCUT2D eigenvalue weighted by molar-refractivity contribution is 7.89. The number of halogens is 1. The molecule has 0 aliphatic carbocycles. The predicted molar refractivity (Wildman–Crippen MR) is 105 cm³/mol. The number of rotatable bonds is 5. The third-order valence-electron chi connectivity index (χ3n) is 4.71. The monoisotopic (exact) mass is 398 g/mol. The second-order valence-electron chi connectivity index (χ2n) is 6.68. The van der Waals surface area contributed by atoms with Gasteiger partial charge in [-0.1, -0.05) is 31.2 Å². The van der Waals surface area contributed by atoms with Crippen LogP contribution in [0.25, 0.3) is 0 Å². The summed E-state index contributed by atoms with van der Waals surface area (Å²) in [5.41, 5.74) is 2.26. The summed E-state index contributed by atoms with van der Waals surface area (Å²) in [5, 5.41) is 3.43. The molecule has 144 valence electrons. The Balaban J connectivity index is 0.00000243. The molecular formula is C18H27ClN4O2S. The molecule has 0 saturated carbocycles. The zero-order valence-electron chi connectivity index (χ0n) is 15.4. The molecule has 1 atom stereocenters. The number of hydrogen-bond donors (Lipinski definition) is 1. The minimum atomic E-state index is -3.63. The van der Waals surface area contributed by atoms with E-state index in [2.05, 4.69) is 29.4 Å². The van der Waals surface area contributed by atoms with Crippen molar-refractivity contribution in [1.82, 2.24) is 19.2 Å². The van der Waals surface area contributed by atoms with Gasteiger partial charge in [-0.3, -0.25) is 0 Å². The van der Waals surface area contributed by atoms with E-state index < -0.39 is 10.0 Å². The van der Waals surface area contributed by atoms with E-state index in [1.54, 1.807) is 16.8 Å². The van der Waals surface area contributed by atoms with Crippen LogP contribution >= 0.6 is 12.4 Å². The predicted octanol–water partition coefficient (Wildman–Crippen LogP) is 2.78. The number of nitrogens with zero attached hydrogens (tertiary/aromatic N) is 3. The molecule has 1 aliphatic heterocycles. The lowest BCUT2D eigenvalue weighted by Gasteiger charge is -2.35. The van der Waals surface area contributed by atoms with E-state index in [-0.39, 0.29) is 29.5 Å². The molecule has 26 heavy (non-hydrogen) atoms. The molecule has 2 heterocycles. The highest BCUT2D eigenvalue weighted by Crippen LogP contribution is 2.28. The maximum absolute atomic E-state index is 13.2. The van der Waals surface area contributed by atoms with Crippen LogP contribution in [0.4, 0.5) is 0 Å². The van der Waals surface area contributed by atoms with Crippen LogP contribution in [0.2, 0.25) is 0 Å². The van der Waals surface area contributed by atoms with Crippen molar-refractivity contribution in [2.24, 2.45) is 0 Å². The molecule has 1 fully saturated rings. The normalized spacial score (nSPS) is 18.7. The van der Waals surface area contributed by atoms with Crippen LogP contribution in [0.1, 0.15) is 44.0 Å². The largest absolute Gasteiger partial charge is 0.334 e. The Labute approximate surface area is 162 Å². The van der Waals surface area contributed by atoms with Crippen molar-refractivity contribution >= 4 is 22.4 Å². The average Bonchev–Trinajstić information content (AvgIpc) is 3.13. The lowest BCUT2D eigenvalue weighted by molar-refractivity contribution is 0.271. The summed E-state index contributed by atoms with van der Waals surface area (Å²) in [5.74, 6) is 0. The number of imidazole rings is 1. The van der Waals surface area contributed by atoms with Crippen molar-refractivity contribution in [3.63, 3.8) is 0 Å². The molecule has 1 aromatic carbocycles. The number of aromatic nitrogens is 2. The Kier molecular flexibility index (Phi) is 6.85. The number of aryl methyl sites for hydroxylation is 1. The topological polar surface area (TPSA) is 67.2 Å². The van der Waals surface area contributed by atoms with Crippen molar-refractivity contribution in [1.29, 1.82) is 0 Å². The van der Waals surface area contributed by atoms with Gasteiger partial charge in [0.1, 0.15) is 0 Å². The summed E-state index contributed by atoms with van der Waals surface area (Å²) in [6, 6.07) is 8.17. The first-order chi connectivity index (χ1) is 11.9. The van der Waals surface area contributed by atoms with Crippen molar-refractivity contribution in [3.05, 3.63) is 47.9 Å². The lowest BCUT2D eigenvalue weighted by atomic mass is 10.0. The minimum absolute atomic E-state index is 0. The zero-order valence-corrected chi connectivity index (χ0v) is 17.1. The number of hydrogen-bond acceptors (Lipinski definition) is 4. The van der Waals surface area contributed by atoms with Gasteiger partial charge in [-0.25, -0.2) is 13.4 Å². The van der Waals surface area contributed by atoms with Crippen LogP contribution in [-0.4, -0.2) is 41.9 Å². The molecule has 0 spiro atoms. The quantitative estimate of drug-likeness (QED) is 0.840. The third-order valence-corrected chi connectivity index (χ3v) is 6.51. The number of piperazine rings is 1. The fourth-order valence-electron chi connectivity index (χ4n) is 3.09. The van der Waals surface area contributed by atoms with E-state index in [0.29, 0.717) is 19.6 Å². The van der Waals surface area contributed by atoms with E-state index in [1.165, 1.54) is 5.56 Å². The number of sulfonamides is 1. The number of nitrogens with one attached hydrogen (secondary N) is 1. The smallest absolute Gasteiger partial charge is 0.262 e. The van der Waals surface area contributed by atoms with E-state index in [0.717, 1.165) is 12.0 Å². The molecule has 1 unspecified atom stereocenters. The van der Waals surface area contributed by atoms with Crippen LogP contribution in [0.15, 0.2) is 41.8 Å². The molecule has 2 aromatic rings. The van der Waals surface area contributed by atoms with Gasteiger partial charge in [0.05, 0.1) is 12.4 Å². The number of benzene rings is 1. The molecule has 1 N–H and O–H groups in total. The highest BCUT2D eigenvalue weighted by atomic mass is 35.5. The van der Waals surface area contributed by atoms with Gasteiger partial charge in [0, 0.05) is 31.9 Å². The molecule has 0 amide bonds. The second kappa shape index (κ2) is 8.52. The van der Waals surface area contributed by atoms with Gasteiger partial charge in [0.15, 0.2) is 5.03 Å². The van der Waals surface area contributed by atoms with E-state index >= 15 is 0 Å². The Morgan fingerprint density at radius 1 is 1.27 bits per heavy atom. The zero-order chi connectivity index (χ0) is 18.0. The Morgan fingerprint density at radius 2 is 1.96 bits per heavy atom. The molecule has 8 heteroatoms. The van der Waals surface area contributed by atoms with Gasteiger partial charge >= 0.3 is 0 Å².